The van der Waals surface area contributed by atoms with E-state index in [0.29, 0.717) is 24.7 Å². The van der Waals surface area contributed by atoms with Crippen LogP contribution in [0.5, 0.6) is 34.5 Å². The second-order valence-electron chi connectivity index (χ2n) is 9.12. The molecule has 0 radical (unpaired) electrons. The lowest BCUT2D eigenvalue weighted by Gasteiger charge is -2.10. The molecular weight excluding hydrogens is 516 g/mol. The molecule has 0 fully saturated rings. The summed E-state index contributed by atoms with van der Waals surface area (Å²) in [6, 6.07) is 26.8. The fourth-order valence-electron chi connectivity index (χ4n) is 3.83. The van der Waals surface area contributed by atoms with Crippen LogP contribution < -0.4 is 23.7 Å². The van der Waals surface area contributed by atoms with E-state index in [1.807, 2.05) is 84.9 Å². The molecule has 0 aromatic heterocycles. The summed E-state index contributed by atoms with van der Waals surface area (Å²) >= 11 is 0. The minimum Gasteiger partial charge on any atom is -0.493 e. The standard InChI is InChI=1S/C34H36N2O5/c1-5-19-39-31-17-7-25(21-33(31)37-3)23-35-27-9-13-29(14-10-27)41-30-15-11-28(12-16-30)36-24-26-8-18-32(40-20-6-2)34(22-26)38-4/h7-18,21-24H,5-6,19-20H2,1-4H3. The maximum absolute atomic E-state index is 6.00. The smallest absolute Gasteiger partial charge is 0.161 e. The van der Waals surface area contributed by atoms with Crippen LogP contribution in [0.1, 0.15) is 37.8 Å². The number of hydrogen-bond donors (Lipinski definition) is 0. The van der Waals surface area contributed by atoms with Crippen molar-refractivity contribution in [3.63, 3.8) is 0 Å². The molecule has 4 rings (SSSR count). The Bertz CT molecular complexity index is 1340. The van der Waals surface area contributed by atoms with Crippen LogP contribution in [0.25, 0.3) is 0 Å². The molecule has 4 aromatic rings. The van der Waals surface area contributed by atoms with E-state index in [9.17, 15) is 0 Å². The molecule has 0 bridgehead atoms. The molecule has 0 saturated carbocycles. The summed E-state index contributed by atoms with van der Waals surface area (Å²) in [5, 5.41) is 0. The quantitative estimate of drug-likeness (QED) is 0.147. The Labute approximate surface area is 242 Å². The summed E-state index contributed by atoms with van der Waals surface area (Å²) in [5.41, 5.74) is 3.47. The van der Waals surface area contributed by atoms with Gasteiger partial charge in [0, 0.05) is 12.4 Å². The zero-order valence-corrected chi connectivity index (χ0v) is 24.0. The molecule has 41 heavy (non-hydrogen) atoms. The fraction of sp³-hybridized carbons (Fsp3) is 0.235. The third-order valence-electron chi connectivity index (χ3n) is 5.93. The topological polar surface area (TPSA) is 70.9 Å². The van der Waals surface area contributed by atoms with Crippen molar-refractivity contribution < 1.29 is 23.7 Å². The first kappa shape index (κ1) is 29.2. The lowest BCUT2D eigenvalue weighted by Crippen LogP contribution is -1.98. The number of aliphatic imine (C=N–C) groups is 2. The van der Waals surface area contributed by atoms with Gasteiger partial charge in [0.2, 0.25) is 0 Å². The largest absolute Gasteiger partial charge is 0.493 e. The molecule has 0 atom stereocenters. The molecule has 4 aromatic carbocycles. The molecular formula is C34H36N2O5. The van der Waals surface area contributed by atoms with Gasteiger partial charge in [0.25, 0.3) is 0 Å². The molecule has 0 aliphatic carbocycles. The normalized spacial score (nSPS) is 11.1. The molecule has 0 unspecified atom stereocenters. The van der Waals surface area contributed by atoms with Crippen molar-refractivity contribution in [3.8, 4) is 34.5 Å². The van der Waals surface area contributed by atoms with Crippen LogP contribution in [-0.2, 0) is 0 Å². The van der Waals surface area contributed by atoms with Gasteiger partial charge in [0.15, 0.2) is 23.0 Å². The van der Waals surface area contributed by atoms with E-state index in [4.69, 9.17) is 23.7 Å². The van der Waals surface area contributed by atoms with E-state index in [-0.39, 0.29) is 0 Å². The third kappa shape index (κ3) is 8.60. The first-order valence-electron chi connectivity index (χ1n) is 13.7. The molecule has 0 spiro atoms. The molecule has 0 aliphatic rings. The van der Waals surface area contributed by atoms with E-state index in [1.165, 1.54) is 0 Å². The Hall–Kier alpha value is -4.78. The molecule has 7 heteroatoms. The van der Waals surface area contributed by atoms with Crippen LogP contribution in [0, 0.1) is 0 Å². The fourth-order valence-corrected chi connectivity index (χ4v) is 3.83. The average molecular weight is 553 g/mol. The molecule has 212 valence electrons. The van der Waals surface area contributed by atoms with Crippen molar-refractivity contribution in [3.05, 3.63) is 96.1 Å². The minimum atomic E-state index is 0.650. The van der Waals surface area contributed by atoms with Gasteiger partial charge in [-0.15, -0.1) is 0 Å². The summed E-state index contributed by atoms with van der Waals surface area (Å²) < 4.78 is 28.3. The molecule has 0 heterocycles. The van der Waals surface area contributed by atoms with Crippen molar-refractivity contribution >= 4 is 23.8 Å². The van der Waals surface area contributed by atoms with E-state index in [2.05, 4.69) is 23.8 Å². The maximum atomic E-state index is 6.00. The predicted octanol–water partition coefficient (Wildman–Crippen LogP) is 8.57. The van der Waals surface area contributed by atoms with Crippen molar-refractivity contribution in [2.45, 2.75) is 26.7 Å². The van der Waals surface area contributed by atoms with Gasteiger partial charge in [-0.05, 0) is 109 Å². The summed E-state index contributed by atoms with van der Waals surface area (Å²) in [6.45, 7) is 5.44. The number of benzene rings is 4. The van der Waals surface area contributed by atoms with Gasteiger partial charge in [-0.3, -0.25) is 9.98 Å². The van der Waals surface area contributed by atoms with E-state index < -0.39 is 0 Å². The Morgan fingerprint density at radius 3 is 1.32 bits per heavy atom. The van der Waals surface area contributed by atoms with Crippen molar-refractivity contribution in [1.29, 1.82) is 0 Å². The van der Waals surface area contributed by atoms with Crippen molar-refractivity contribution in [1.82, 2.24) is 0 Å². The SMILES string of the molecule is CCCOc1ccc(C=Nc2ccc(Oc3ccc(N=Cc4ccc(OCCC)c(OC)c4)cc3)cc2)cc1OC. The second-order valence-corrected chi connectivity index (χ2v) is 9.12. The predicted molar refractivity (Wildman–Crippen MR) is 165 cm³/mol. The Balaban J connectivity index is 1.33. The maximum Gasteiger partial charge on any atom is 0.161 e. The minimum absolute atomic E-state index is 0.650. The van der Waals surface area contributed by atoms with Gasteiger partial charge in [0.05, 0.1) is 38.8 Å². The van der Waals surface area contributed by atoms with Crippen LogP contribution in [0.3, 0.4) is 0 Å². The molecule has 0 amide bonds. The monoisotopic (exact) mass is 552 g/mol. The van der Waals surface area contributed by atoms with Crippen LogP contribution >= 0.6 is 0 Å². The Kier molecular flexibility index (Phi) is 10.8. The lowest BCUT2D eigenvalue weighted by atomic mass is 10.2. The Morgan fingerprint density at radius 1 is 0.537 bits per heavy atom. The summed E-state index contributed by atoms with van der Waals surface area (Å²) in [6.07, 6.45) is 5.47. The van der Waals surface area contributed by atoms with Gasteiger partial charge in [-0.25, -0.2) is 0 Å². The number of rotatable bonds is 14. The van der Waals surface area contributed by atoms with Gasteiger partial charge in [-0.1, -0.05) is 13.8 Å². The van der Waals surface area contributed by atoms with Crippen LogP contribution in [0.15, 0.2) is 94.9 Å². The highest BCUT2D eigenvalue weighted by atomic mass is 16.5. The summed E-state index contributed by atoms with van der Waals surface area (Å²) in [4.78, 5) is 9.14. The highest BCUT2D eigenvalue weighted by Crippen LogP contribution is 2.30. The van der Waals surface area contributed by atoms with Gasteiger partial charge in [0.1, 0.15) is 11.5 Å². The van der Waals surface area contributed by atoms with Gasteiger partial charge in [-0.2, -0.15) is 0 Å². The third-order valence-corrected chi connectivity index (χ3v) is 5.93. The lowest BCUT2D eigenvalue weighted by molar-refractivity contribution is 0.294. The van der Waals surface area contributed by atoms with Crippen LogP contribution in [-0.4, -0.2) is 39.9 Å². The average Bonchev–Trinajstić information content (AvgIpc) is 3.02. The van der Waals surface area contributed by atoms with Gasteiger partial charge >= 0.3 is 0 Å². The number of hydrogen-bond acceptors (Lipinski definition) is 7. The zero-order valence-electron chi connectivity index (χ0n) is 24.0. The van der Waals surface area contributed by atoms with Crippen molar-refractivity contribution in [2.24, 2.45) is 9.98 Å². The number of methoxy groups -OCH3 is 2. The van der Waals surface area contributed by atoms with Gasteiger partial charge < -0.3 is 23.7 Å². The first-order chi connectivity index (χ1) is 20.1. The highest BCUT2D eigenvalue weighted by molar-refractivity contribution is 5.84. The van der Waals surface area contributed by atoms with Crippen LogP contribution in [0.4, 0.5) is 11.4 Å². The summed E-state index contributed by atoms with van der Waals surface area (Å²) in [5.74, 6) is 4.28. The highest BCUT2D eigenvalue weighted by Gasteiger charge is 2.06. The Morgan fingerprint density at radius 2 is 0.951 bits per heavy atom. The molecule has 0 aliphatic heterocycles. The zero-order chi connectivity index (χ0) is 28.9. The second kappa shape index (κ2) is 15.1. The first-order valence-corrected chi connectivity index (χ1v) is 13.7. The van der Waals surface area contributed by atoms with E-state index in [0.717, 1.165) is 58.3 Å². The van der Waals surface area contributed by atoms with E-state index in [1.54, 1.807) is 26.6 Å². The van der Waals surface area contributed by atoms with Crippen LogP contribution in [0.2, 0.25) is 0 Å². The molecule has 0 saturated heterocycles. The molecule has 0 N–H and O–H groups in total. The molecule has 7 nitrogen and oxygen atoms in total. The van der Waals surface area contributed by atoms with E-state index >= 15 is 0 Å². The van der Waals surface area contributed by atoms with Crippen molar-refractivity contribution in [2.75, 3.05) is 27.4 Å². The summed E-state index contributed by atoms with van der Waals surface area (Å²) in [7, 11) is 3.27. The number of nitrogens with zero attached hydrogens (tertiary/aromatic N) is 2. The number of ether oxygens (including phenoxy) is 5.